The van der Waals surface area contributed by atoms with Crippen LogP contribution in [-0.4, -0.2) is 42.5 Å². The molecule has 1 heterocycles. The summed E-state index contributed by atoms with van der Waals surface area (Å²) in [4.78, 5) is 11.4. The summed E-state index contributed by atoms with van der Waals surface area (Å²) in [6.45, 7) is 0.328. The Morgan fingerprint density at radius 1 is 0.914 bits per heavy atom. The fraction of sp³-hybridized carbons (Fsp3) is 0.417. The minimum Gasteiger partial charge on any atom is -0.405 e. The average molecular weight is 532 g/mol. The fourth-order valence-corrected chi connectivity index (χ4v) is 4.22. The highest BCUT2D eigenvalue weighted by Crippen LogP contribution is 2.28. The Morgan fingerprint density at radius 3 is 2.23 bits per heavy atom. The van der Waals surface area contributed by atoms with Crippen molar-refractivity contribution in [1.82, 2.24) is 15.3 Å². The summed E-state index contributed by atoms with van der Waals surface area (Å²) >= 11 is 0. The van der Waals surface area contributed by atoms with Crippen molar-refractivity contribution in [1.29, 1.82) is 0 Å². The smallest absolute Gasteiger partial charge is 0.405 e. The average Bonchev–Trinajstić information content (AvgIpc) is 2.78. The van der Waals surface area contributed by atoms with E-state index in [1.807, 2.05) is 43.3 Å². The van der Waals surface area contributed by atoms with E-state index < -0.39 is 6.36 Å². The molecule has 1 saturated carbocycles. The highest BCUT2D eigenvalue weighted by Gasteiger charge is 2.32. The Hall–Kier alpha value is -2.49. The molecule has 6 nitrogen and oxygen atoms in total. The quantitative estimate of drug-likeness (QED) is 0.392. The number of hydrogen-bond donors (Lipinski definition) is 2. The van der Waals surface area contributed by atoms with E-state index in [0.717, 1.165) is 42.4 Å². The van der Waals surface area contributed by atoms with Gasteiger partial charge in [0.2, 0.25) is 5.95 Å². The van der Waals surface area contributed by atoms with Crippen LogP contribution in [0.3, 0.4) is 0 Å². The monoisotopic (exact) mass is 531 g/mol. The van der Waals surface area contributed by atoms with Crippen LogP contribution in [0.1, 0.15) is 31.2 Å². The van der Waals surface area contributed by atoms with E-state index in [1.165, 1.54) is 12.1 Å². The van der Waals surface area contributed by atoms with Crippen molar-refractivity contribution in [2.24, 2.45) is 0 Å². The zero-order chi connectivity index (χ0) is 23.4. The summed E-state index contributed by atoms with van der Waals surface area (Å²) in [6, 6.07) is 14.7. The number of alkyl halides is 3. The summed E-state index contributed by atoms with van der Waals surface area (Å²) in [5, 5.41) is 7.87. The summed E-state index contributed by atoms with van der Waals surface area (Å²) < 4.78 is 42.0. The van der Waals surface area contributed by atoms with Gasteiger partial charge >= 0.3 is 6.36 Å². The number of aromatic nitrogens is 2. The second-order valence-corrected chi connectivity index (χ2v) is 8.51. The molecule has 35 heavy (non-hydrogen) atoms. The second kappa shape index (κ2) is 12.5. The second-order valence-electron chi connectivity index (χ2n) is 8.51. The first-order chi connectivity index (χ1) is 15.8. The summed E-state index contributed by atoms with van der Waals surface area (Å²) in [7, 11) is 3.93. The first-order valence-electron chi connectivity index (χ1n) is 11.1. The Bertz CT molecular complexity index is 1090. The van der Waals surface area contributed by atoms with Gasteiger partial charge in [-0.05, 0) is 43.9 Å². The van der Waals surface area contributed by atoms with Crippen LogP contribution in [0, 0.1) is 0 Å². The minimum absolute atomic E-state index is 0. The lowest BCUT2D eigenvalue weighted by Gasteiger charge is -2.30. The van der Waals surface area contributed by atoms with Crippen molar-refractivity contribution < 1.29 is 17.9 Å². The molecule has 0 atom stereocenters. The molecule has 1 aliphatic carbocycles. The van der Waals surface area contributed by atoms with Gasteiger partial charge in [-0.2, -0.15) is 4.98 Å². The van der Waals surface area contributed by atoms with Crippen LogP contribution in [0.15, 0.2) is 48.5 Å². The molecular formula is C24H30Cl2F3N5O. The Balaban J connectivity index is 0.00000216. The molecule has 0 bridgehead atoms. The maximum atomic E-state index is 12.6. The minimum atomic E-state index is -4.70. The maximum Gasteiger partial charge on any atom is 0.573 e. The lowest BCUT2D eigenvalue weighted by molar-refractivity contribution is -0.274. The SMILES string of the molecule is CN(C)c1nc(N[C@H]2CC[C@@H](NCc3ccccc3OC(F)(F)F)CC2)nc2ccccc12.Cl.Cl. The predicted molar refractivity (Wildman–Crippen MR) is 138 cm³/mol. The van der Waals surface area contributed by atoms with E-state index in [-0.39, 0.29) is 42.6 Å². The molecule has 0 spiro atoms. The van der Waals surface area contributed by atoms with Gasteiger partial charge in [-0.25, -0.2) is 4.98 Å². The van der Waals surface area contributed by atoms with E-state index in [1.54, 1.807) is 12.1 Å². The molecule has 11 heteroatoms. The highest BCUT2D eigenvalue weighted by atomic mass is 35.5. The lowest BCUT2D eigenvalue weighted by Crippen LogP contribution is -2.37. The van der Waals surface area contributed by atoms with Gasteiger partial charge in [0.25, 0.3) is 0 Å². The summed E-state index contributed by atoms with van der Waals surface area (Å²) in [5.41, 5.74) is 1.39. The number of para-hydroxylation sites is 2. The first kappa shape index (κ1) is 28.7. The molecule has 2 aromatic carbocycles. The Morgan fingerprint density at radius 2 is 1.54 bits per heavy atom. The van der Waals surface area contributed by atoms with E-state index in [4.69, 9.17) is 4.98 Å². The number of ether oxygens (including phenoxy) is 1. The number of hydrogen-bond acceptors (Lipinski definition) is 6. The fourth-order valence-electron chi connectivity index (χ4n) is 4.22. The van der Waals surface area contributed by atoms with Gasteiger partial charge in [-0.3, -0.25) is 0 Å². The van der Waals surface area contributed by atoms with Crippen LogP contribution in [0.25, 0.3) is 10.9 Å². The third-order valence-corrected chi connectivity index (χ3v) is 5.85. The zero-order valence-corrected chi connectivity index (χ0v) is 21.1. The lowest BCUT2D eigenvalue weighted by atomic mass is 9.91. The van der Waals surface area contributed by atoms with Crippen molar-refractivity contribution >= 4 is 47.5 Å². The van der Waals surface area contributed by atoms with Crippen molar-refractivity contribution in [3.8, 4) is 5.75 Å². The van der Waals surface area contributed by atoms with Gasteiger partial charge < -0.3 is 20.3 Å². The Labute approximate surface area is 215 Å². The van der Waals surface area contributed by atoms with Gasteiger partial charge in [0, 0.05) is 43.7 Å². The summed E-state index contributed by atoms with van der Waals surface area (Å²) in [5.74, 6) is 1.34. The number of rotatable bonds is 7. The maximum absolute atomic E-state index is 12.6. The molecule has 192 valence electrons. The van der Waals surface area contributed by atoms with E-state index in [9.17, 15) is 13.2 Å². The normalized spacial score (nSPS) is 17.7. The van der Waals surface area contributed by atoms with Gasteiger partial charge in [0.05, 0.1) is 5.52 Å². The third-order valence-electron chi connectivity index (χ3n) is 5.85. The van der Waals surface area contributed by atoms with E-state index in [2.05, 4.69) is 20.4 Å². The van der Waals surface area contributed by atoms with Crippen LogP contribution < -0.4 is 20.3 Å². The van der Waals surface area contributed by atoms with E-state index in [0.29, 0.717) is 18.1 Å². The van der Waals surface area contributed by atoms with Crippen molar-refractivity contribution in [2.75, 3.05) is 24.3 Å². The van der Waals surface area contributed by atoms with Crippen LogP contribution in [0.2, 0.25) is 0 Å². The molecule has 1 fully saturated rings. The zero-order valence-electron chi connectivity index (χ0n) is 19.5. The molecule has 3 aromatic rings. The number of nitrogens with zero attached hydrogens (tertiary/aromatic N) is 3. The molecule has 0 saturated heterocycles. The third kappa shape index (κ3) is 7.75. The highest BCUT2D eigenvalue weighted by molar-refractivity contribution is 5.90. The predicted octanol–water partition coefficient (Wildman–Crippen LogP) is 5.95. The number of fused-ring (bicyclic) bond motifs is 1. The van der Waals surface area contributed by atoms with Crippen LogP contribution >= 0.6 is 24.8 Å². The largest absolute Gasteiger partial charge is 0.573 e. The number of nitrogens with one attached hydrogen (secondary N) is 2. The molecule has 1 aliphatic rings. The van der Waals surface area contributed by atoms with Crippen LogP contribution in [-0.2, 0) is 6.54 Å². The van der Waals surface area contributed by atoms with Gasteiger partial charge in [0.15, 0.2) is 0 Å². The molecule has 0 radical (unpaired) electrons. The van der Waals surface area contributed by atoms with Crippen LogP contribution in [0.5, 0.6) is 5.75 Å². The van der Waals surface area contributed by atoms with Gasteiger partial charge in [-0.15, -0.1) is 38.0 Å². The van der Waals surface area contributed by atoms with E-state index >= 15 is 0 Å². The molecule has 2 N–H and O–H groups in total. The number of anilines is 2. The molecule has 0 unspecified atom stereocenters. The van der Waals surface area contributed by atoms with Gasteiger partial charge in [0.1, 0.15) is 11.6 Å². The Kier molecular flexibility index (Phi) is 10.2. The van der Waals surface area contributed by atoms with Gasteiger partial charge in [-0.1, -0.05) is 30.3 Å². The molecule has 0 amide bonds. The number of halogens is 5. The van der Waals surface area contributed by atoms with Crippen molar-refractivity contribution in [3.05, 3.63) is 54.1 Å². The molecule has 4 rings (SSSR count). The van der Waals surface area contributed by atoms with Crippen molar-refractivity contribution in [2.45, 2.75) is 50.7 Å². The van der Waals surface area contributed by atoms with Crippen LogP contribution in [0.4, 0.5) is 24.9 Å². The topological polar surface area (TPSA) is 62.3 Å². The summed E-state index contributed by atoms with van der Waals surface area (Å²) in [6.07, 6.45) is -1.03. The first-order valence-corrected chi connectivity index (χ1v) is 11.1. The van der Waals surface area contributed by atoms with Crippen molar-refractivity contribution in [3.63, 3.8) is 0 Å². The molecular weight excluding hydrogens is 502 g/mol. The molecule has 1 aromatic heterocycles. The standard InChI is InChI=1S/C24H28F3N5O.2ClH/c1-32(2)22-19-8-4-5-9-20(19)30-23(31-22)29-18-13-11-17(12-14-18)28-15-16-7-3-6-10-21(16)33-24(25,26)27;;/h3-10,17-18,28H,11-15H2,1-2H3,(H,29,30,31);2*1H/t17-,18+;;. The molecule has 0 aliphatic heterocycles. The number of benzene rings is 2.